The van der Waals surface area contributed by atoms with Gasteiger partial charge in [-0.05, 0) is 42.8 Å². The minimum Gasteiger partial charge on any atom is -0.486 e. The van der Waals surface area contributed by atoms with Crippen LogP contribution in [0.2, 0.25) is 0 Å². The highest BCUT2D eigenvalue weighted by molar-refractivity contribution is 6.03. The van der Waals surface area contributed by atoms with E-state index in [0.717, 1.165) is 5.56 Å². The fourth-order valence-electron chi connectivity index (χ4n) is 3.18. The lowest BCUT2D eigenvalue weighted by molar-refractivity contribution is 0.0600. The van der Waals surface area contributed by atoms with E-state index >= 15 is 0 Å². The van der Waals surface area contributed by atoms with Gasteiger partial charge in [-0.3, -0.25) is 4.79 Å². The molecule has 0 aliphatic carbocycles. The molecule has 1 aliphatic rings. The maximum atomic E-state index is 13.4. The van der Waals surface area contributed by atoms with Crippen molar-refractivity contribution < 1.29 is 23.5 Å². The molecule has 2 heterocycles. The molecule has 3 aromatic rings. The van der Waals surface area contributed by atoms with Crippen LogP contribution in [0.4, 0.5) is 15.9 Å². The lowest BCUT2D eigenvalue weighted by Crippen LogP contribution is -2.54. The number of halogens is 1. The van der Waals surface area contributed by atoms with E-state index in [2.05, 4.69) is 20.0 Å². The van der Waals surface area contributed by atoms with Crippen molar-refractivity contribution in [3.8, 4) is 5.75 Å². The molecule has 1 fully saturated rings. The van der Waals surface area contributed by atoms with Crippen LogP contribution in [-0.4, -0.2) is 48.1 Å². The van der Waals surface area contributed by atoms with Gasteiger partial charge >= 0.3 is 5.97 Å². The van der Waals surface area contributed by atoms with Gasteiger partial charge in [0.05, 0.1) is 38.2 Å². The summed E-state index contributed by atoms with van der Waals surface area (Å²) in [5, 5.41) is 2.71. The van der Waals surface area contributed by atoms with Crippen molar-refractivity contribution in [3.63, 3.8) is 0 Å². The number of amides is 1. The number of rotatable bonds is 6. The third kappa shape index (κ3) is 4.66. The van der Waals surface area contributed by atoms with Gasteiger partial charge in [-0.2, -0.15) is 0 Å². The smallest absolute Gasteiger partial charge is 0.337 e. The molecule has 4 rings (SSSR count). The molecule has 1 aromatic heterocycles. The number of ether oxygens (including phenoxy) is 2. The lowest BCUT2D eigenvalue weighted by atomic mass is 10.1. The van der Waals surface area contributed by atoms with E-state index in [1.165, 1.54) is 31.6 Å². The molecular weight excluding hydrogens is 415 g/mol. The zero-order chi connectivity index (χ0) is 22.7. The number of carbonyl (C=O) groups excluding carboxylic acids is 2. The Morgan fingerprint density at radius 1 is 1.09 bits per heavy atom. The molecule has 0 unspecified atom stereocenters. The summed E-state index contributed by atoms with van der Waals surface area (Å²) in [6.07, 6.45) is 2.85. The Morgan fingerprint density at radius 3 is 2.50 bits per heavy atom. The van der Waals surface area contributed by atoms with Gasteiger partial charge in [-0.1, -0.05) is 6.07 Å². The summed E-state index contributed by atoms with van der Waals surface area (Å²) in [6, 6.07) is 10.8. The minimum atomic E-state index is -0.450. The zero-order valence-corrected chi connectivity index (χ0v) is 17.5. The molecule has 0 saturated carbocycles. The highest BCUT2D eigenvalue weighted by Gasteiger charge is 2.30. The first-order valence-electron chi connectivity index (χ1n) is 9.92. The molecule has 0 radical (unpaired) electrons. The van der Waals surface area contributed by atoms with Crippen LogP contribution in [-0.2, 0) is 4.74 Å². The van der Waals surface area contributed by atoms with E-state index < -0.39 is 11.9 Å². The largest absolute Gasteiger partial charge is 0.486 e. The quantitative estimate of drug-likeness (QED) is 0.593. The Hall–Kier alpha value is -4.01. The van der Waals surface area contributed by atoms with Crippen molar-refractivity contribution in [2.75, 3.05) is 30.4 Å². The Morgan fingerprint density at radius 2 is 1.84 bits per heavy atom. The molecule has 1 amide bonds. The monoisotopic (exact) mass is 436 g/mol. The summed E-state index contributed by atoms with van der Waals surface area (Å²) in [5.41, 5.74) is 1.94. The van der Waals surface area contributed by atoms with Crippen LogP contribution >= 0.6 is 0 Å². The van der Waals surface area contributed by atoms with Crippen LogP contribution in [0.15, 0.2) is 54.9 Å². The zero-order valence-electron chi connectivity index (χ0n) is 17.5. The van der Waals surface area contributed by atoms with Crippen LogP contribution in [0.1, 0.15) is 26.4 Å². The SMILES string of the molecule is COC(=O)c1ccc(NC(=O)c2cnc(N3CC(Oc4cc(F)ccc4C)C3)cn2)cc1. The van der Waals surface area contributed by atoms with E-state index in [9.17, 15) is 14.0 Å². The van der Waals surface area contributed by atoms with Gasteiger partial charge in [-0.25, -0.2) is 19.2 Å². The molecule has 2 aromatic carbocycles. The highest BCUT2D eigenvalue weighted by atomic mass is 19.1. The molecule has 8 nitrogen and oxygen atoms in total. The summed E-state index contributed by atoms with van der Waals surface area (Å²) >= 11 is 0. The Labute approximate surface area is 184 Å². The van der Waals surface area contributed by atoms with Crippen LogP contribution < -0.4 is 15.0 Å². The number of hydrogen-bond donors (Lipinski definition) is 1. The fourth-order valence-corrected chi connectivity index (χ4v) is 3.18. The summed E-state index contributed by atoms with van der Waals surface area (Å²) in [4.78, 5) is 34.3. The molecule has 32 heavy (non-hydrogen) atoms. The molecular formula is C23H21FN4O4. The number of hydrogen-bond acceptors (Lipinski definition) is 7. The van der Waals surface area contributed by atoms with Crippen LogP contribution in [0.25, 0.3) is 0 Å². The summed E-state index contributed by atoms with van der Waals surface area (Å²) in [5.74, 6) is -0.0385. The molecule has 0 atom stereocenters. The lowest BCUT2D eigenvalue weighted by Gasteiger charge is -2.39. The normalized spacial score (nSPS) is 13.3. The third-order valence-electron chi connectivity index (χ3n) is 5.05. The van der Waals surface area contributed by atoms with Gasteiger partial charge in [0.25, 0.3) is 5.91 Å². The van der Waals surface area contributed by atoms with Crippen molar-refractivity contribution in [2.24, 2.45) is 0 Å². The Kier molecular flexibility index (Phi) is 5.98. The van der Waals surface area contributed by atoms with Gasteiger partial charge in [0.2, 0.25) is 0 Å². The number of anilines is 2. The maximum Gasteiger partial charge on any atom is 0.337 e. The number of carbonyl (C=O) groups is 2. The Bertz CT molecular complexity index is 1130. The van der Waals surface area contributed by atoms with Crippen molar-refractivity contribution in [1.82, 2.24) is 9.97 Å². The first kappa shape index (κ1) is 21.2. The summed E-state index contributed by atoms with van der Waals surface area (Å²) in [6.45, 7) is 3.04. The minimum absolute atomic E-state index is 0.0757. The molecule has 164 valence electrons. The number of methoxy groups -OCH3 is 1. The number of esters is 1. The van der Waals surface area contributed by atoms with Crippen LogP contribution in [0, 0.1) is 12.7 Å². The predicted molar refractivity (Wildman–Crippen MR) is 116 cm³/mol. The Balaban J connectivity index is 1.31. The van der Waals surface area contributed by atoms with E-state index in [0.29, 0.717) is 35.9 Å². The standard InChI is InChI=1S/C23H21FN4O4/c1-14-3-6-16(24)9-20(14)32-18-12-28(13-18)21-11-25-19(10-26-21)22(29)27-17-7-4-15(5-8-17)23(30)31-2/h3-11,18H,12-13H2,1-2H3,(H,27,29). The topological polar surface area (TPSA) is 93.6 Å². The maximum absolute atomic E-state index is 13.4. The van der Waals surface area contributed by atoms with Crippen molar-refractivity contribution in [2.45, 2.75) is 13.0 Å². The van der Waals surface area contributed by atoms with Crippen molar-refractivity contribution in [1.29, 1.82) is 0 Å². The van der Waals surface area contributed by atoms with E-state index in [1.54, 1.807) is 30.3 Å². The molecule has 1 N–H and O–H groups in total. The van der Waals surface area contributed by atoms with Crippen molar-refractivity contribution in [3.05, 3.63) is 77.5 Å². The van der Waals surface area contributed by atoms with Gasteiger partial charge in [0.1, 0.15) is 29.2 Å². The number of nitrogens with one attached hydrogen (secondary N) is 1. The molecule has 1 aliphatic heterocycles. The van der Waals surface area contributed by atoms with Gasteiger partial charge in [0.15, 0.2) is 0 Å². The van der Waals surface area contributed by atoms with E-state index in [1.807, 2.05) is 11.8 Å². The van der Waals surface area contributed by atoms with Gasteiger partial charge in [-0.15, -0.1) is 0 Å². The first-order valence-corrected chi connectivity index (χ1v) is 9.92. The molecule has 1 saturated heterocycles. The summed E-state index contributed by atoms with van der Waals surface area (Å²) in [7, 11) is 1.30. The highest BCUT2D eigenvalue weighted by Crippen LogP contribution is 2.25. The second-order valence-electron chi connectivity index (χ2n) is 7.34. The van der Waals surface area contributed by atoms with E-state index in [4.69, 9.17) is 4.74 Å². The summed E-state index contributed by atoms with van der Waals surface area (Å²) < 4.78 is 23.9. The molecule has 0 spiro atoms. The number of benzene rings is 2. The van der Waals surface area contributed by atoms with Crippen LogP contribution in [0.3, 0.4) is 0 Å². The second kappa shape index (κ2) is 9.01. The fraction of sp³-hybridized carbons (Fsp3) is 0.217. The van der Waals surface area contributed by atoms with E-state index in [-0.39, 0.29) is 17.6 Å². The predicted octanol–water partition coefficient (Wildman–Crippen LogP) is 3.23. The second-order valence-corrected chi connectivity index (χ2v) is 7.34. The molecule has 0 bridgehead atoms. The van der Waals surface area contributed by atoms with Crippen molar-refractivity contribution >= 4 is 23.4 Å². The number of nitrogens with zero attached hydrogens (tertiary/aromatic N) is 3. The van der Waals surface area contributed by atoms with Gasteiger partial charge in [0, 0.05) is 11.8 Å². The average molecular weight is 436 g/mol. The number of aryl methyl sites for hydroxylation is 1. The average Bonchev–Trinajstić information content (AvgIpc) is 2.78. The number of aromatic nitrogens is 2. The van der Waals surface area contributed by atoms with Gasteiger partial charge < -0.3 is 19.7 Å². The molecule has 9 heteroatoms. The third-order valence-corrected chi connectivity index (χ3v) is 5.05. The first-order chi connectivity index (χ1) is 15.4. The van der Waals surface area contributed by atoms with Crippen LogP contribution in [0.5, 0.6) is 5.75 Å².